The Hall–Kier alpha value is -0.150. The molecule has 1 fully saturated rings. The average molecular weight is 245 g/mol. The molecule has 2 atom stereocenters. The number of alkyl halides is 1. The smallest absolute Gasteiger partial charge is 0.120 e. The predicted molar refractivity (Wildman–Crippen MR) is 64.7 cm³/mol. The second kappa shape index (κ2) is 5.26. The third-order valence-corrected chi connectivity index (χ3v) is 4.57. The maximum absolute atomic E-state index is 5.66. The van der Waals surface area contributed by atoms with Gasteiger partial charge in [0, 0.05) is 18.2 Å². The van der Waals surface area contributed by atoms with E-state index in [-0.39, 0.29) is 0 Å². The first kappa shape index (κ1) is 11.3. The quantitative estimate of drug-likeness (QED) is 0.757. The number of hydrogen-bond donors (Lipinski definition) is 0. The molecule has 1 aliphatic carbocycles. The lowest BCUT2D eigenvalue weighted by Gasteiger charge is -2.09. The van der Waals surface area contributed by atoms with Gasteiger partial charge in [0.1, 0.15) is 10.0 Å². The van der Waals surface area contributed by atoms with Gasteiger partial charge in [0.25, 0.3) is 0 Å². The molecule has 0 amide bonds. The van der Waals surface area contributed by atoms with E-state index in [0.29, 0.717) is 5.92 Å². The van der Waals surface area contributed by atoms with Crippen LogP contribution in [0.4, 0.5) is 0 Å². The second-order valence-electron chi connectivity index (χ2n) is 4.34. The predicted octanol–water partition coefficient (Wildman–Crippen LogP) is 3.61. The molecule has 2 nitrogen and oxygen atoms in total. The number of nitrogens with zero attached hydrogens (tertiary/aromatic N) is 2. The van der Waals surface area contributed by atoms with Crippen LogP contribution in [0.15, 0.2) is 0 Å². The Morgan fingerprint density at radius 1 is 1.40 bits per heavy atom. The summed E-state index contributed by atoms with van der Waals surface area (Å²) in [4.78, 5) is 0. The lowest BCUT2D eigenvalue weighted by molar-refractivity contribution is 0.527. The summed E-state index contributed by atoms with van der Waals surface area (Å²) in [5.74, 6) is 2.18. The number of rotatable bonds is 4. The van der Waals surface area contributed by atoms with Gasteiger partial charge in [-0.2, -0.15) is 0 Å². The van der Waals surface area contributed by atoms with Crippen molar-refractivity contribution in [2.24, 2.45) is 5.92 Å². The molecule has 2 unspecified atom stereocenters. The number of hydrogen-bond acceptors (Lipinski definition) is 3. The van der Waals surface area contributed by atoms with Gasteiger partial charge in [0.2, 0.25) is 0 Å². The molecule has 0 aliphatic heterocycles. The van der Waals surface area contributed by atoms with Gasteiger partial charge in [0.15, 0.2) is 0 Å². The topological polar surface area (TPSA) is 25.8 Å². The molecule has 4 heteroatoms. The van der Waals surface area contributed by atoms with E-state index in [2.05, 4.69) is 17.1 Å². The Morgan fingerprint density at radius 2 is 2.27 bits per heavy atom. The Balaban J connectivity index is 1.99. The minimum absolute atomic E-state index is 0.673. The van der Waals surface area contributed by atoms with Crippen LogP contribution in [0, 0.1) is 5.92 Å². The van der Waals surface area contributed by atoms with E-state index in [0.717, 1.165) is 29.6 Å². The third kappa shape index (κ3) is 2.70. The maximum Gasteiger partial charge on any atom is 0.120 e. The lowest BCUT2D eigenvalue weighted by Crippen LogP contribution is -2.00. The molecule has 84 valence electrons. The summed E-state index contributed by atoms with van der Waals surface area (Å²) in [6.45, 7) is 2.33. The molecule has 0 aromatic carbocycles. The first-order chi connectivity index (χ1) is 7.31. The molecule has 0 spiro atoms. The molecule has 0 bridgehead atoms. The van der Waals surface area contributed by atoms with E-state index in [1.165, 1.54) is 24.3 Å². The lowest BCUT2D eigenvalue weighted by atomic mass is 9.99. The van der Waals surface area contributed by atoms with Crippen molar-refractivity contribution in [1.82, 2.24) is 10.2 Å². The standard InChI is InChI=1S/C11H17ClN2S/c1-8-4-2-5-9(8)11-14-13-10(15-11)6-3-7-12/h8-9H,2-7H2,1H3. The maximum atomic E-state index is 5.66. The van der Waals surface area contributed by atoms with Crippen molar-refractivity contribution in [3.63, 3.8) is 0 Å². The van der Waals surface area contributed by atoms with Crippen molar-refractivity contribution in [1.29, 1.82) is 0 Å². The molecule has 15 heavy (non-hydrogen) atoms. The van der Waals surface area contributed by atoms with Gasteiger partial charge in [-0.25, -0.2) is 0 Å². The fourth-order valence-electron chi connectivity index (χ4n) is 2.25. The summed E-state index contributed by atoms with van der Waals surface area (Å²) < 4.78 is 0. The summed E-state index contributed by atoms with van der Waals surface area (Å²) in [5.41, 5.74) is 0. The molecule has 1 heterocycles. The Labute approximate surface area is 100 Å². The Kier molecular flexibility index (Phi) is 3.98. The molecule has 0 N–H and O–H groups in total. The highest BCUT2D eigenvalue weighted by atomic mass is 35.5. The van der Waals surface area contributed by atoms with E-state index in [4.69, 9.17) is 11.6 Å². The van der Waals surface area contributed by atoms with Crippen LogP contribution in [0.25, 0.3) is 0 Å². The molecule has 1 saturated carbocycles. The fourth-order valence-corrected chi connectivity index (χ4v) is 3.53. The summed E-state index contributed by atoms with van der Waals surface area (Å²) >= 11 is 7.46. The first-order valence-corrected chi connectivity index (χ1v) is 7.04. The summed E-state index contributed by atoms with van der Waals surface area (Å²) in [5, 5.41) is 11.0. The molecule has 1 aromatic heterocycles. The zero-order valence-electron chi connectivity index (χ0n) is 9.08. The van der Waals surface area contributed by atoms with E-state index in [1.807, 2.05) is 0 Å². The van der Waals surface area contributed by atoms with Crippen molar-refractivity contribution < 1.29 is 0 Å². The number of aryl methyl sites for hydroxylation is 1. The first-order valence-electron chi connectivity index (χ1n) is 5.69. The van der Waals surface area contributed by atoms with Crippen LogP contribution in [-0.2, 0) is 6.42 Å². The zero-order valence-corrected chi connectivity index (χ0v) is 10.7. The van der Waals surface area contributed by atoms with E-state index >= 15 is 0 Å². The molecule has 1 aromatic rings. The SMILES string of the molecule is CC1CCCC1c1nnc(CCCCl)s1. The van der Waals surface area contributed by atoms with E-state index in [9.17, 15) is 0 Å². The van der Waals surface area contributed by atoms with Gasteiger partial charge in [-0.3, -0.25) is 0 Å². The molecule has 0 radical (unpaired) electrons. The minimum Gasteiger partial charge on any atom is -0.144 e. The second-order valence-corrected chi connectivity index (χ2v) is 5.81. The summed E-state index contributed by atoms with van der Waals surface area (Å²) in [6, 6.07) is 0. The van der Waals surface area contributed by atoms with Crippen molar-refractivity contribution in [3.8, 4) is 0 Å². The van der Waals surface area contributed by atoms with Gasteiger partial charge < -0.3 is 0 Å². The highest BCUT2D eigenvalue weighted by molar-refractivity contribution is 7.11. The van der Waals surface area contributed by atoms with Gasteiger partial charge in [-0.15, -0.1) is 33.1 Å². The Morgan fingerprint density at radius 3 is 2.93 bits per heavy atom. The Bertz CT molecular complexity index is 313. The normalized spacial score (nSPS) is 26.0. The molecular weight excluding hydrogens is 228 g/mol. The van der Waals surface area contributed by atoms with E-state index < -0.39 is 0 Å². The molecule has 2 rings (SSSR count). The van der Waals surface area contributed by atoms with Gasteiger partial charge in [-0.1, -0.05) is 19.8 Å². The monoisotopic (exact) mass is 244 g/mol. The fraction of sp³-hybridized carbons (Fsp3) is 0.818. The molecular formula is C11H17ClN2S. The number of aromatic nitrogens is 2. The van der Waals surface area contributed by atoms with Crippen LogP contribution >= 0.6 is 22.9 Å². The van der Waals surface area contributed by atoms with Crippen molar-refractivity contribution in [2.45, 2.75) is 44.9 Å². The van der Waals surface area contributed by atoms with Crippen molar-refractivity contribution >= 4 is 22.9 Å². The van der Waals surface area contributed by atoms with Gasteiger partial charge in [0.05, 0.1) is 0 Å². The summed E-state index contributed by atoms with van der Waals surface area (Å²) in [6.07, 6.45) is 5.99. The highest BCUT2D eigenvalue weighted by Gasteiger charge is 2.27. The van der Waals surface area contributed by atoms with Crippen LogP contribution in [0.1, 0.15) is 48.5 Å². The van der Waals surface area contributed by atoms with Crippen LogP contribution < -0.4 is 0 Å². The van der Waals surface area contributed by atoms with Crippen molar-refractivity contribution in [3.05, 3.63) is 10.0 Å². The number of halogens is 1. The van der Waals surface area contributed by atoms with Crippen LogP contribution in [-0.4, -0.2) is 16.1 Å². The largest absolute Gasteiger partial charge is 0.144 e. The molecule has 1 aliphatic rings. The highest BCUT2D eigenvalue weighted by Crippen LogP contribution is 2.40. The zero-order chi connectivity index (χ0) is 10.7. The average Bonchev–Trinajstić information content (AvgIpc) is 2.83. The van der Waals surface area contributed by atoms with Gasteiger partial charge in [-0.05, 0) is 18.8 Å². The minimum atomic E-state index is 0.673. The third-order valence-electron chi connectivity index (χ3n) is 3.19. The van der Waals surface area contributed by atoms with Crippen molar-refractivity contribution in [2.75, 3.05) is 5.88 Å². The summed E-state index contributed by atoms with van der Waals surface area (Å²) in [7, 11) is 0. The van der Waals surface area contributed by atoms with E-state index in [1.54, 1.807) is 11.3 Å². The van der Waals surface area contributed by atoms with Crippen LogP contribution in [0.5, 0.6) is 0 Å². The van der Waals surface area contributed by atoms with Crippen LogP contribution in [0.2, 0.25) is 0 Å². The van der Waals surface area contributed by atoms with Gasteiger partial charge >= 0.3 is 0 Å². The van der Waals surface area contributed by atoms with Crippen LogP contribution in [0.3, 0.4) is 0 Å². The molecule has 0 saturated heterocycles.